The number of carbonyl (C=O) groups is 1. The molecule has 1 amide bonds. The number of amides is 1. The molecule has 3 aromatic heterocycles. The van der Waals surface area contributed by atoms with Crippen molar-refractivity contribution in [3.05, 3.63) is 35.8 Å². The number of aromatic nitrogens is 4. The molecule has 2 atom stereocenters. The molecule has 6 rings (SSSR count). The highest BCUT2D eigenvalue weighted by atomic mass is 16.3. The van der Waals surface area contributed by atoms with Crippen LogP contribution in [-0.2, 0) is 30.8 Å². The van der Waals surface area contributed by atoms with Gasteiger partial charge in [-0.1, -0.05) is 19.8 Å². The largest absolute Gasteiger partial charge is 0.463 e. The number of anilines is 1. The van der Waals surface area contributed by atoms with E-state index < -0.39 is 0 Å². The van der Waals surface area contributed by atoms with Gasteiger partial charge in [-0.25, -0.2) is 15.0 Å². The zero-order chi connectivity index (χ0) is 25.9. The highest BCUT2D eigenvalue weighted by molar-refractivity contribution is 5.85. The van der Waals surface area contributed by atoms with Crippen molar-refractivity contribution in [2.24, 2.45) is 5.92 Å². The van der Waals surface area contributed by atoms with Gasteiger partial charge in [-0.2, -0.15) is 0 Å². The molecular formula is C29H41N7O2. The molecule has 2 fully saturated rings. The van der Waals surface area contributed by atoms with E-state index in [9.17, 15) is 4.79 Å². The van der Waals surface area contributed by atoms with E-state index in [1.165, 1.54) is 44.9 Å². The average molecular weight is 520 g/mol. The van der Waals surface area contributed by atoms with Gasteiger partial charge >= 0.3 is 0 Å². The van der Waals surface area contributed by atoms with Gasteiger partial charge in [0.2, 0.25) is 5.91 Å². The van der Waals surface area contributed by atoms with Gasteiger partial charge in [-0.3, -0.25) is 9.69 Å². The van der Waals surface area contributed by atoms with Crippen LogP contribution in [0, 0.1) is 5.92 Å². The van der Waals surface area contributed by atoms with E-state index in [0.717, 1.165) is 79.8 Å². The van der Waals surface area contributed by atoms with Crippen LogP contribution in [0.4, 0.5) is 5.82 Å². The first-order valence-corrected chi connectivity index (χ1v) is 14.7. The van der Waals surface area contributed by atoms with Gasteiger partial charge in [0.15, 0.2) is 17.0 Å². The smallest absolute Gasteiger partial charge is 0.225 e. The summed E-state index contributed by atoms with van der Waals surface area (Å²) in [6, 6.07) is 4.73. The maximum atomic E-state index is 13.2. The summed E-state index contributed by atoms with van der Waals surface area (Å²) in [4.78, 5) is 32.1. The molecule has 9 heteroatoms. The Hall–Kier alpha value is -2.94. The Morgan fingerprint density at radius 2 is 1.92 bits per heavy atom. The lowest BCUT2D eigenvalue weighted by Gasteiger charge is -2.34. The van der Waals surface area contributed by atoms with Crippen molar-refractivity contribution >= 4 is 22.9 Å². The van der Waals surface area contributed by atoms with Crippen molar-refractivity contribution in [3.8, 4) is 0 Å². The number of furan rings is 1. The maximum Gasteiger partial charge on any atom is 0.225 e. The summed E-state index contributed by atoms with van der Waals surface area (Å²) in [6.45, 7) is 7.21. The minimum atomic E-state index is -0.0812. The summed E-state index contributed by atoms with van der Waals surface area (Å²) in [7, 11) is 0. The van der Waals surface area contributed by atoms with Gasteiger partial charge in [0.1, 0.15) is 23.7 Å². The highest BCUT2D eigenvalue weighted by Crippen LogP contribution is 2.29. The van der Waals surface area contributed by atoms with E-state index in [4.69, 9.17) is 9.40 Å². The number of hydrogen-bond donors (Lipinski definition) is 1. The standard InChI is InChI=1S/C29H41N7O2/c1-2-22-10-5-7-14-34(22)19-24-13-12-23(38-24)17-30-29(37)21-9-8-15-35(18-21)27-26-28(32-20-31-27)36-16-6-3-4-11-25(36)33-26/h12-13,20-22H,2-11,14-19H2,1H3,(H,30,37). The van der Waals surface area contributed by atoms with Crippen LogP contribution in [0.1, 0.15) is 82.1 Å². The van der Waals surface area contributed by atoms with Crippen LogP contribution in [0.5, 0.6) is 0 Å². The van der Waals surface area contributed by atoms with Crippen LogP contribution in [0.15, 0.2) is 22.9 Å². The van der Waals surface area contributed by atoms with E-state index in [2.05, 4.69) is 42.6 Å². The van der Waals surface area contributed by atoms with Crippen LogP contribution in [0.3, 0.4) is 0 Å². The number of rotatable bonds is 7. The molecule has 0 saturated carbocycles. The molecule has 38 heavy (non-hydrogen) atoms. The third-order valence-electron chi connectivity index (χ3n) is 8.70. The molecule has 0 bridgehead atoms. The van der Waals surface area contributed by atoms with Gasteiger partial charge < -0.3 is 19.2 Å². The fourth-order valence-corrected chi connectivity index (χ4v) is 6.59. The number of hydrogen-bond acceptors (Lipinski definition) is 7. The van der Waals surface area contributed by atoms with Gasteiger partial charge in [-0.15, -0.1) is 0 Å². The van der Waals surface area contributed by atoms with Crippen molar-refractivity contribution in [2.75, 3.05) is 24.5 Å². The number of likely N-dealkylation sites (tertiary alicyclic amines) is 1. The molecule has 0 spiro atoms. The zero-order valence-electron chi connectivity index (χ0n) is 22.7. The third kappa shape index (κ3) is 5.30. The summed E-state index contributed by atoms with van der Waals surface area (Å²) in [6.07, 6.45) is 13.1. The van der Waals surface area contributed by atoms with Gasteiger partial charge in [0.25, 0.3) is 0 Å². The second-order valence-corrected chi connectivity index (χ2v) is 11.3. The van der Waals surface area contributed by atoms with Crippen molar-refractivity contribution in [3.63, 3.8) is 0 Å². The minimum absolute atomic E-state index is 0.0812. The topological polar surface area (TPSA) is 92.3 Å². The molecule has 6 heterocycles. The molecule has 2 saturated heterocycles. The number of nitrogens with zero attached hydrogens (tertiary/aromatic N) is 6. The Morgan fingerprint density at radius 1 is 1.03 bits per heavy atom. The van der Waals surface area contributed by atoms with Crippen LogP contribution in [0.2, 0.25) is 0 Å². The highest BCUT2D eigenvalue weighted by Gasteiger charge is 2.29. The number of aryl methyl sites for hydroxylation is 2. The fourth-order valence-electron chi connectivity index (χ4n) is 6.59. The van der Waals surface area contributed by atoms with Crippen molar-refractivity contribution in [2.45, 2.75) is 96.8 Å². The number of piperidine rings is 2. The lowest BCUT2D eigenvalue weighted by Crippen LogP contribution is -2.43. The first kappa shape index (κ1) is 25.3. The Balaban J connectivity index is 1.07. The van der Waals surface area contributed by atoms with E-state index in [1.807, 2.05) is 6.07 Å². The molecule has 3 aliphatic rings. The van der Waals surface area contributed by atoms with E-state index in [-0.39, 0.29) is 11.8 Å². The number of nitrogens with one attached hydrogen (secondary N) is 1. The summed E-state index contributed by atoms with van der Waals surface area (Å²) in [5.41, 5.74) is 1.81. The molecule has 0 aliphatic carbocycles. The van der Waals surface area contributed by atoms with Crippen molar-refractivity contribution in [1.82, 2.24) is 29.7 Å². The van der Waals surface area contributed by atoms with Crippen LogP contribution < -0.4 is 10.2 Å². The summed E-state index contributed by atoms with van der Waals surface area (Å²) >= 11 is 0. The third-order valence-corrected chi connectivity index (χ3v) is 8.70. The number of carbonyl (C=O) groups excluding carboxylic acids is 1. The van der Waals surface area contributed by atoms with E-state index in [1.54, 1.807) is 6.33 Å². The van der Waals surface area contributed by atoms with Gasteiger partial charge in [0.05, 0.1) is 19.0 Å². The van der Waals surface area contributed by atoms with Crippen molar-refractivity contribution in [1.29, 1.82) is 0 Å². The lowest BCUT2D eigenvalue weighted by atomic mass is 9.97. The molecular weight excluding hydrogens is 478 g/mol. The minimum Gasteiger partial charge on any atom is -0.463 e. The first-order valence-electron chi connectivity index (χ1n) is 14.7. The normalized spacial score (nSPS) is 22.8. The Labute approximate surface area is 225 Å². The van der Waals surface area contributed by atoms with E-state index >= 15 is 0 Å². The summed E-state index contributed by atoms with van der Waals surface area (Å²) in [5, 5.41) is 3.14. The number of fused-ring (bicyclic) bond motifs is 3. The van der Waals surface area contributed by atoms with Gasteiger partial charge in [0, 0.05) is 32.1 Å². The molecule has 0 aromatic carbocycles. The van der Waals surface area contributed by atoms with Gasteiger partial charge in [-0.05, 0) is 63.6 Å². The van der Waals surface area contributed by atoms with Crippen LogP contribution >= 0.6 is 0 Å². The second kappa shape index (κ2) is 11.4. The Morgan fingerprint density at radius 3 is 2.84 bits per heavy atom. The quantitative estimate of drug-likeness (QED) is 0.493. The molecule has 0 radical (unpaired) electrons. The number of imidazole rings is 1. The summed E-state index contributed by atoms with van der Waals surface area (Å²) in [5.74, 6) is 3.80. The molecule has 3 aliphatic heterocycles. The Bertz CT molecular complexity index is 1250. The zero-order valence-corrected chi connectivity index (χ0v) is 22.7. The first-order chi connectivity index (χ1) is 18.7. The van der Waals surface area contributed by atoms with Crippen LogP contribution in [0.25, 0.3) is 11.2 Å². The molecule has 1 N–H and O–H groups in total. The molecule has 9 nitrogen and oxygen atoms in total. The van der Waals surface area contributed by atoms with Crippen LogP contribution in [-0.4, -0.2) is 56.0 Å². The SMILES string of the molecule is CCC1CCCCN1Cc1ccc(CNC(=O)C2CCCN(c3ncnc4c3nc3n4CCCCC3)C2)o1. The molecule has 3 aromatic rings. The van der Waals surface area contributed by atoms with E-state index in [0.29, 0.717) is 19.1 Å². The monoisotopic (exact) mass is 519 g/mol. The lowest BCUT2D eigenvalue weighted by molar-refractivity contribution is -0.125. The Kier molecular flexibility index (Phi) is 7.63. The fraction of sp³-hybridized carbons (Fsp3) is 0.655. The maximum absolute atomic E-state index is 13.2. The predicted molar refractivity (Wildman–Crippen MR) is 147 cm³/mol. The second-order valence-electron chi connectivity index (χ2n) is 11.3. The summed E-state index contributed by atoms with van der Waals surface area (Å²) < 4.78 is 8.38. The average Bonchev–Trinajstić information content (AvgIpc) is 3.48. The van der Waals surface area contributed by atoms with Crippen molar-refractivity contribution < 1.29 is 9.21 Å². The molecule has 2 unspecified atom stereocenters. The molecule has 204 valence electrons. The predicted octanol–water partition coefficient (Wildman–Crippen LogP) is 4.44.